The van der Waals surface area contributed by atoms with E-state index in [4.69, 9.17) is 17.3 Å². The lowest BCUT2D eigenvalue weighted by molar-refractivity contribution is 0.546. The van der Waals surface area contributed by atoms with Gasteiger partial charge in [-0.25, -0.2) is 4.68 Å². The van der Waals surface area contributed by atoms with Crippen LogP contribution < -0.4 is 5.73 Å². The molecule has 0 aliphatic rings. The maximum absolute atomic E-state index is 6.28. The summed E-state index contributed by atoms with van der Waals surface area (Å²) in [5.74, 6) is 0.520. The number of aromatic nitrogens is 2. The number of nitrogen functional groups attached to an aromatic ring is 1. The number of anilines is 1. The van der Waals surface area contributed by atoms with Crippen molar-refractivity contribution in [1.29, 1.82) is 0 Å². The second kappa shape index (κ2) is 5.17. The minimum absolute atomic E-state index is 0.117. The van der Waals surface area contributed by atoms with Gasteiger partial charge in [0.25, 0.3) is 0 Å². The van der Waals surface area contributed by atoms with Crippen LogP contribution in [-0.2, 0) is 12.0 Å². The van der Waals surface area contributed by atoms with Gasteiger partial charge in [-0.15, -0.1) is 0 Å². The van der Waals surface area contributed by atoms with Crippen molar-refractivity contribution < 1.29 is 0 Å². The molecular formula is C14H17BrClN3. The molecule has 5 heteroatoms. The van der Waals surface area contributed by atoms with E-state index in [2.05, 4.69) is 41.8 Å². The Bertz CT molecular complexity index is 599. The third-order valence-electron chi connectivity index (χ3n) is 2.86. The molecule has 0 aliphatic heterocycles. The van der Waals surface area contributed by atoms with Gasteiger partial charge in [0.1, 0.15) is 10.8 Å². The van der Waals surface area contributed by atoms with E-state index in [0.29, 0.717) is 17.4 Å². The van der Waals surface area contributed by atoms with Crippen molar-refractivity contribution in [2.75, 3.05) is 5.73 Å². The molecule has 0 amide bonds. The zero-order chi connectivity index (χ0) is 14.2. The first-order valence-electron chi connectivity index (χ1n) is 6.06. The smallest absolute Gasteiger partial charge is 0.141 e. The van der Waals surface area contributed by atoms with Crippen molar-refractivity contribution in [2.24, 2.45) is 0 Å². The normalized spacial score (nSPS) is 11.8. The number of hydrogen-bond acceptors (Lipinski definition) is 2. The highest BCUT2D eigenvalue weighted by Gasteiger charge is 2.24. The van der Waals surface area contributed by atoms with Crippen molar-refractivity contribution in [3.8, 4) is 0 Å². The zero-order valence-electron chi connectivity index (χ0n) is 11.2. The Morgan fingerprint density at radius 2 is 2.05 bits per heavy atom. The molecule has 0 unspecified atom stereocenters. The van der Waals surface area contributed by atoms with Crippen molar-refractivity contribution in [3.05, 3.63) is 45.0 Å². The number of nitrogens with two attached hydrogens (primary N) is 1. The lowest BCUT2D eigenvalue weighted by atomic mass is 9.92. The van der Waals surface area contributed by atoms with E-state index in [0.717, 1.165) is 15.7 Å². The molecule has 0 atom stereocenters. The molecule has 2 rings (SSSR count). The Labute approximate surface area is 126 Å². The van der Waals surface area contributed by atoms with Crippen molar-refractivity contribution in [3.63, 3.8) is 0 Å². The van der Waals surface area contributed by atoms with Gasteiger partial charge in [0.15, 0.2) is 0 Å². The molecule has 0 aliphatic carbocycles. The standard InChI is InChI=1S/C14H17BrClN3/c1-14(2,3)12-11(16)13(17)19(18-12)8-9-5-4-6-10(15)7-9/h4-7H,8,17H2,1-3H3. The van der Waals surface area contributed by atoms with Crippen LogP contribution >= 0.6 is 27.5 Å². The number of rotatable bonds is 2. The van der Waals surface area contributed by atoms with Crippen molar-refractivity contribution >= 4 is 33.3 Å². The van der Waals surface area contributed by atoms with E-state index >= 15 is 0 Å². The van der Waals surface area contributed by atoms with E-state index in [1.807, 2.05) is 24.3 Å². The molecule has 1 aromatic heterocycles. The molecule has 3 nitrogen and oxygen atoms in total. The molecule has 0 spiro atoms. The second-order valence-electron chi connectivity index (χ2n) is 5.59. The highest BCUT2D eigenvalue weighted by Crippen LogP contribution is 2.32. The van der Waals surface area contributed by atoms with Crippen LogP contribution in [0.5, 0.6) is 0 Å². The van der Waals surface area contributed by atoms with Crippen LogP contribution in [-0.4, -0.2) is 9.78 Å². The molecule has 0 saturated carbocycles. The average molecular weight is 343 g/mol. The maximum Gasteiger partial charge on any atom is 0.141 e. The van der Waals surface area contributed by atoms with Gasteiger partial charge < -0.3 is 5.73 Å². The van der Waals surface area contributed by atoms with Crippen molar-refractivity contribution in [2.45, 2.75) is 32.7 Å². The highest BCUT2D eigenvalue weighted by atomic mass is 79.9. The average Bonchev–Trinajstić information content (AvgIpc) is 2.57. The molecular weight excluding hydrogens is 326 g/mol. The monoisotopic (exact) mass is 341 g/mol. The van der Waals surface area contributed by atoms with Gasteiger partial charge in [-0.1, -0.05) is 60.4 Å². The topological polar surface area (TPSA) is 43.8 Å². The van der Waals surface area contributed by atoms with Crippen molar-refractivity contribution in [1.82, 2.24) is 9.78 Å². The summed E-state index contributed by atoms with van der Waals surface area (Å²) in [6, 6.07) is 8.07. The molecule has 19 heavy (non-hydrogen) atoms. The van der Waals surface area contributed by atoms with E-state index in [-0.39, 0.29) is 5.41 Å². The van der Waals surface area contributed by atoms with Crippen LogP contribution in [0.3, 0.4) is 0 Å². The van der Waals surface area contributed by atoms with E-state index in [1.54, 1.807) is 4.68 Å². The Morgan fingerprint density at radius 3 is 2.58 bits per heavy atom. The van der Waals surface area contributed by atoms with E-state index < -0.39 is 0 Å². The Morgan fingerprint density at radius 1 is 1.37 bits per heavy atom. The fourth-order valence-electron chi connectivity index (χ4n) is 1.86. The van der Waals surface area contributed by atoms with E-state index in [1.165, 1.54) is 0 Å². The lowest BCUT2D eigenvalue weighted by Gasteiger charge is -2.15. The predicted molar refractivity (Wildman–Crippen MR) is 83.6 cm³/mol. The van der Waals surface area contributed by atoms with Gasteiger partial charge in [0.05, 0.1) is 12.2 Å². The largest absolute Gasteiger partial charge is 0.383 e. The Hall–Kier alpha value is -1.00. The fourth-order valence-corrected chi connectivity index (χ4v) is 2.73. The molecule has 1 aromatic carbocycles. The number of nitrogens with zero attached hydrogens (tertiary/aromatic N) is 2. The first-order chi connectivity index (χ1) is 8.79. The molecule has 2 N–H and O–H groups in total. The van der Waals surface area contributed by atoms with Gasteiger partial charge in [-0.2, -0.15) is 5.10 Å². The number of benzene rings is 1. The third kappa shape index (κ3) is 3.12. The predicted octanol–water partition coefficient (Wildman–Crippen LogP) is 4.23. The summed E-state index contributed by atoms with van der Waals surface area (Å²) in [4.78, 5) is 0. The summed E-state index contributed by atoms with van der Waals surface area (Å²) in [6.07, 6.45) is 0. The lowest BCUT2D eigenvalue weighted by Crippen LogP contribution is -2.13. The minimum atomic E-state index is -0.117. The summed E-state index contributed by atoms with van der Waals surface area (Å²) >= 11 is 9.74. The highest BCUT2D eigenvalue weighted by molar-refractivity contribution is 9.10. The molecule has 0 fully saturated rings. The quantitative estimate of drug-likeness (QED) is 0.887. The van der Waals surface area contributed by atoms with Crippen LogP contribution in [0.2, 0.25) is 5.02 Å². The van der Waals surface area contributed by atoms with Gasteiger partial charge >= 0.3 is 0 Å². The molecule has 2 aromatic rings. The molecule has 0 saturated heterocycles. The van der Waals surface area contributed by atoms with Crippen LogP contribution in [0.4, 0.5) is 5.82 Å². The zero-order valence-corrected chi connectivity index (χ0v) is 13.6. The van der Waals surface area contributed by atoms with Gasteiger partial charge in [-0.05, 0) is 17.7 Å². The van der Waals surface area contributed by atoms with Gasteiger partial charge in [0, 0.05) is 9.89 Å². The number of hydrogen-bond donors (Lipinski definition) is 1. The van der Waals surface area contributed by atoms with Gasteiger partial charge in [-0.3, -0.25) is 0 Å². The van der Waals surface area contributed by atoms with Crippen LogP contribution in [0.15, 0.2) is 28.7 Å². The summed E-state index contributed by atoms with van der Waals surface area (Å²) in [5.41, 5.74) is 7.89. The summed E-state index contributed by atoms with van der Waals surface area (Å²) in [7, 11) is 0. The molecule has 0 radical (unpaired) electrons. The minimum Gasteiger partial charge on any atom is -0.383 e. The maximum atomic E-state index is 6.28. The first-order valence-corrected chi connectivity index (χ1v) is 7.23. The van der Waals surface area contributed by atoms with Gasteiger partial charge in [0.2, 0.25) is 0 Å². The second-order valence-corrected chi connectivity index (χ2v) is 6.88. The summed E-state index contributed by atoms with van der Waals surface area (Å²) in [5, 5.41) is 5.11. The summed E-state index contributed by atoms with van der Waals surface area (Å²) in [6.45, 7) is 6.83. The molecule has 102 valence electrons. The fraction of sp³-hybridized carbons (Fsp3) is 0.357. The molecule has 0 bridgehead atoms. The first kappa shape index (κ1) is 14.4. The Kier molecular flexibility index (Phi) is 3.92. The van der Waals surface area contributed by atoms with Crippen LogP contribution in [0.1, 0.15) is 32.0 Å². The SMILES string of the molecule is CC(C)(C)c1nn(Cc2cccc(Br)c2)c(N)c1Cl. The van der Waals surface area contributed by atoms with Crippen LogP contribution in [0.25, 0.3) is 0 Å². The third-order valence-corrected chi connectivity index (χ3v) is 3.73. The molecule has 1 heterocycles. The number of halogens is 2. The Balaban J connectivity index is 2.37. The van der Waals surface area contributed by atoms with Crippen LogP contribution in [0, 0.1) is 0 Å². The van der Waals surface area contributed by atoms with E-state index in [9.17, 15) is 0 Å². The summed E-state index contributed by atoms with van der Waals surface area (Å²) < 4.78 is 2.79.